The normalized spacial score (nSPS) is 20.0. The van der Waals surface area contributed by atoms with Crippen LogP contribution in [-0.2, 0) is 16.8 Å². The Kier molecular flexibility index (Phi) is 4.44. The maximum atomic E-state index is 13.1. The lowest BCUT2D eigenvalue weighted by Crippen LogP contribution is -2.41. The number of benzene rings is 2. The number of carbonyl (C=O) groups is 1. The van der Waals surface area contributed by atoms with Crippen molar-refractivity contribution in [1.29, 1.82) is 0 Å². The maximum Gasteiger partial charge on any atom is 0.266 e. The van der Waals surface area contributed by atoms with Crippen molar-refractivity contribution in [1.82, 2.24) is 4.90 Å². The summed E-state index contributed by atoms with van der Waals surface area (Å²) in [6.45, 7) is -0.389. The average Bonchev–Trinajstić information content (AvgIpc) is 2.86. The van der Waals surface area contributed by atoms with Crippen molar-refractivity contribution < 1.29 is 14.3 Å². The number of phenolic OH excluding ortho intramolecular Hbond substituents is 1. The molecule has 1 amide bonds. The predicted octanol–water partition coefficient (Wildman–Crippen LogP) is 2.32. The van der Waals surface area contributed by atoms with E-state index in [1.165, 1.54) is 17.0 Å². The number of halogens is 1. The van der Waals surface area contributed by atoms with Crippen molar-refractivity contribution in [3.05, 3.63) is 65.2 Å². The number of aryl methyl sites for hydroxylation is 1. The molecule has 25 heavy (non-hydrogen) atoms. The topological polar surface area (TPSA) is 78.9 Å². The van der Waals surface area contributed by atoms with Crippen LogP contribution in [-0.4, -0.2) is 35.6 Å². The summed E-state index contributed by atoms with van der Waals surface area (Å²) in [5.41, 5.74) is 6.85. The molecule has 130 valence electrons. The van der Waals surface area contributed by atoms with Crippen molar-refractivity contribution >= 4 is 11.9 Å². The molecule has 0 saturated carbocycles. The lowest BCUT2D eigenvalue weighted by molar-refractivity contribution is -0.129. The average molecular weight is 341 g/mol. The number of hydrogen-bond donors (Lipinski definition) is 2. The molecule has 0 bridgehead atoms. The summed E-state index contributed by atoms with van der Waals surface area (Å²) in [5.74, 6) is -0.0306. The van der Waals surface area contributed by atoms with E-state index in [0.717, 1.165) is 5.56 Å². The first-order valence-electron chi connectivity index (χ1n) is 8.07. The minimum atomic E-state index is -1.29. The molecule has 0 aliphatic carbocycles. The van der Waals surface area contributed by atoms with Crippen molar-refractivity contribution in [2.24, 2.45) is 10.7 Å². The second-order valence-corrected chi connectivity index (χ2v) is 6.08. The number of nitrogens with two attached hydrogens (primary N) is 1. The third-order valence-corrected chi connectivity index (χ3v) is 4.47. The highest BCUT2D eigenvalue weighted by Gasteiger charge is 2.49. The summed E-state index contributed by atoms with van der Waals surface area (Å²) >= 11 is 0. The number of rotatable bonds is 5. The third-order valence-electron chi connectivity index (χ3n) is 4.47. The molecule has 1 unspecified atom stereocenters. The number of amides is 1. The standard InChI is InChI=1S/C19H20FN3O2/c1-23-17(25)19(22-18(23)21,14-7-9-16(24)10-8-14)15-6-2-4-13(12-15)5-3-11-20/h2,4,6-10,12,24H,3,5,11H2,1H3,(H2,21,22). The summed E-state index contributed by atoms with van der Waals surface area (Å²) in [5, 5.41) is 9.57. The summed E-state index contributed by atoms with van der Waals surface area (Å²) in [6.07, 6.45) is 1.01. The van der Waals surface area contributed by atoms with Crippen molar-refractivity contribution in [3.63, 3.8) is 0 Å². The lowest BCUT2D eigenvalue weighted by atomic mass is 9.82. The van der Waals surface area contributed by atoms with Crippen LogP contribution in [0.3, 0.4) is 0 Å². The van der Waals surface area contributed by atoms with Gasteiger partial charge in [0.2, 0.25) is 0 Å². The number of aromatic hydroxyl groups is 1. The molecule has 2 aromatic carbocycles. The first-order chi connectivity index (χ1) is 12.0. The zero-order valence-corrected chi connectivity index (χ0v) is 13.9. The first kappa shape index (κ1) is 17.0. The predicted molar refractivity (Wildman–Crippen MR) is 94.0 cm³/mol. The van der Waals surface area contributed by atoms with E-state index < -0.39 is 5.54 Å². The Hall–Kier alpha value is -2.89. The van der Waals surface area contributed by atoms with E-state index in [9.17, 15) is 14.3 Å². The van der Waals surface area contributed by atoms with Gasteiger partial charge in [-0.15, -0.1) is 0 Å². The van der Waals surface area contributed by atoms with E-state index >= 15 is 0 Å². The fourth-order valence-corrected chi connectivity index (χ4v) is 3.11. The SMILES string of the molecule is CN1C(=O)C(c2ccc(O)cc2)(c2cccc(CCCF)c2)N=C1N. The zero-order chi connectivity index (χ0) is 18.0. The van der Waals surface area contributed by atoms with Gasteiger partial charge in [-0.3, -0.25) is 14.1 Å². The van der Waals surface area contributed by atoms with Gasteiger partial charge < -0.3 is 10.8 Å². The second-order valence-electron chi connectivity index (χ2n) is 6.08. The number of phenols is 1. The van der Waals surface area contributed by atoms with Crippen molar-refractivity contribution in [2.45, 2.75) is 18.4 Å². The molecule has 3 N–H and O–H groups in total. The van der Waals surface area contributed by atoms with Gasteiger partial charge in [0.1, 0.15) is 5.75 Å². The highest BCUT2D eigenvalue weighted by atomic mass is 19.1. The van der Waals surface area contributed by atoms with Crippen molar-refractivity contribution in [2.75, 3.05) is 13.7 Å². The molecule has 0 spiro atoms. The molecule has 1 heterocycles. The highest BCUT2D eigenvalue weighted by Crippen LogP contribution is 2.40. The second kappa shape index (κ2) is 6.55. The van der Waals surface area contributed by atoms with Crippen LogP contribution in [0.25, 0.3) is 0 Å². The fourth-order valence-electron chi connectivity index (χ4n) is 3.11. The van der Waals surface area contributed by atoms with E-state index in [1.54, 1.807) is 19.2 Å². The van der Waals surface area contributed by atoms with Gasteiger partial charge in [0.05, 0.1) is 6.67 Å². The van der Waals surface area contributed by atoms with Crippen LogP contribution < -0.4 is 5.73 Å². The van der Waals surface area contributed by atoms with Gasteiger partial charge in [-0.2, -0.15) is 0 Å². The summed E-state index contributed by atoms with van der Waals surface area (Å²) in [7, 11) is 1.58. The Balaban J connectivity index is 2.16. The maximum absolute atomic E-state index is 13.1. The monoisotopic (exact) mass is 341 g/mol. The van der Waals surface area contributed by atoms with Crippen LogP contribution in [0.4, 0.5) is 4.39 Å². The lowest BCUT2D eigenvalue weighted by Gasteiger charge is -2.26. The Morgan fingerprint density at radius 3 is 2.52 bits per heavy atom. The van der Waals surface area contributed by atoms with Crippen LogP contribution in [0.15, 0.2) is 53.5 Å². The molecule has 6 heteroatoms. The van der Waals surface area contributed by atoms with E-state index in [2.05, 4.69) is 4.99 Å². The number of guanidine groups is 1. The summed E-state index contributed by atoms with van der Waals surface area (Å²) < 4.78 is 12.5. The minimum absolute atomic E-state index is 0.103. The van der Waals surface area contributed by atoms with E-state index in [1.807, 2.05) is 24.3 Å². The molecule has 1 atom stereocenters. The largest absolute Gasteiger partial charge is 0.508 e. The van der Waals surface area contributed by atoms with Gasteiger partial charge in [-0.05, 0) is 41.7 Å². The van der Waals surface area contributed by atoms with Gasteiger partial charge in [0, 0.05) is 7.05 Å². The molecule has 0 saturated heterocycles. The molecule has 2 aromatic rings. The van der Waals surface area contributed by atoms with Gasteiger partial charge >= 0.3 is 0 Å². The number of likely N-dealkylation sites (N-methyl/N-ethyl adjacent to an activating group) is 1. The van der Waals surface area contributed by atoms with Crippen LogP contribution >= 0.6 is 0 Å². The van der Waals surface area contributed by atoms with E-state index in [-0.39, 0.29) is 24.3 Å². The minimum Gasteiger partial charge on any atom is -0.508 e. The first-order valence-corrected chi connectivity index (χ1v) is 8.07. The number of aliphatic imine (C=N–C) groups is 1. The Morgan fingerprint density at radius 1 is 1.20 bits per heavy atom. The van der Waals surface area contributed by atoms with Gasteiger partial charge in [-0.1, -0.05) is 36.4 Å². The molecule has 5 nitrogen and oxygen atoms in total. The number of nitrogens with zero attached hydrogens (tertiary/aromatic N) is 2. The van der Waals surface area contributed by atoms with Crippen molar-refractivity contribution in [3.8, 4) is 5.75 Å². The van der Waals surface area contributed by atoms with Gasteiger partial charge in [-0.25, -0.2) is 4.99 Å². The van der Waals surface area contributed by atoms with E-state index in [4.69, 9.17) is 5.73 Å². The Labute approximate surface area is 145 Å². The van der Waals surface area contributed by atoms with Gasteiger partial charge in [0.15, 0.2) is 11.5 Å². The fraction of sp³-hybridized carbons (Fsp3) is 0.263. The van der Waals surface area contributed by atoms with Crippen LogP contribution in [0.5, 0.6) is 5.75 Å². The van der Waals surface area contributed by atoms with Gasteiger partial charge in [0.25, 0.3) is 5.91 Å². The number of hydrogen-bond acceptors (Lipinski definition) is 4. The molecular formula is C19H20FN3O2. The molecule has 1 aliphatic rings. The van der Waals surface area contributed by atoms with E-state index in [0.29, 0.717) is 24.0 Å². The summed E-state index contributed by atoms with van der Waals surface area (Å²) in [6, 6.07) is 13.8. The Morgan fingerprint density at radius 2 is 1.92 bits per heavy atom. The molecule has 1 aliphatic heterocycles. The molecule has 0 radical (unpaired) electrons. The third kappa shape index (κ3) is 2.84. The Bertz CT molecular complexity index is 820. The highest BCUT2D eigenvalue weighted by molar-refractivity contribution is 6.08. The molecule has 3 rings (SSSR count). The quantitative estimate of drug-likeness (QED) is 0.876. The zero-order valence-electron chi connectivity index (χ0n) is 13.9. The molecule has 0 fully saturated rings. The summed E-state index contributed by atoms with van der Waals surface area (Å²) in [4.78, 5) is 18.9. The number of carbonyl (C=O) groups excluding carboxylic acids is 1. The molecular weight excluding hydrogens is 321 g/mol. The smallest absolute Gasteiger partial charge is 0.266 e. The van der Waals surface area contributed by atoms with Crippen LogP contribution in [0.2, 0.25) is 0 Å². The molecule has 0 aromatic heterocycles. The number of alkyl halides is 1. The van der Waals surface area contributed by atoms with Crippen LogP contribution in [0, 0.1) is 0 Å². The van der Waals surface area contributed by atoms with Crippen LogP contribution in [0.1, 0.15) is 23.1 Å².